The Balaban J connectivity index is 2.39. The van der Waals surface area contributed by atoms with Crippen LogP contribution < -0.4 is 0 Å². The molecule has 0 aliphatic heterocycles. The highest BCUT2D eigenvalue weighted by molar-refractivity contribution is 7.13. The summed E-state index contributed by atoms with van der Waals surface area (Å²) in [6.45, 7) is 4.23. The minimum Gasteiger partial charge on any atom is -0.297 e. The van der Waals surface area contributed by atoms with E-state index in [1.807, 2.05) is 6.92 Å². The number of hydrogen-bond donors (Lipinski definition) is 0. The maximum Gasteiger partial charge on any atom is 0.160 e. The smallest absolute Gasteiger partial charge is 0.160 e. The van der Waals surface area contributed by atoms with Gasteiger partial charge in [-0.25, -0.2) is 0 Å². The SMILES string of the molecule is CCCCCCc1cc(C)c(C=O)s1. The van der Waals surface area contributed by atoms with Gasteiger partial charge in [-0.05, 0) is 31.4 Å². The first-order valence-electron chi connectivity index (χ1n) is 5.32. The van der Waals surface area contributed by atoms with E-state index in [1.54, 1.807) is 11.3 Å². The molecule has 0 aromatic carbocycles. The molecule has 0 aliphatic rings. The van der Waals surface area contributed by atoms with Crippen LogP contribution in [0.4, 0.5) is 0 Å². The maximum absolute atomic E-state index is 10.6. The highest BCUT2D eigenvalue weighted by Crippen LogP contribution is 2.21. The summed E-state index contributed by atoms with van der Waals surface area (Å²) < 4.78 is 0. The predicted molar refractivity (Wildman–Crippen MR) is 62.3 cm³/mol. The van der Waals surface area contributed by atoms with Crippen molar-refractivity contribution in [1.82, 2.24) is 0 Å². The van der Waals surface area contributed by atoms with Crippen LogP contribution in [0.3, 0.4) is 0 Å². The highest BCUT2D eigenvalue weighted by Gasteiger charge is 2.03. The molecule has 0 atom stereocenters. The Kier molecular flexibility index (Phi) is 4.88. The Labute approximate surface area is 90.2 Å². The molecule has 1 aromatic heterocycles. The van der Waals surface area contributed by atoms with Crippen LogP contribution in [0.25, 0.3) is 0 Å². The second-order valence-electron chi connectivity index (χ2n) is 3.69. The van der Waals surface area contributed by atoms with Gasteiger partial charge in [-0.1, -0.05) is 26.2 Å². The van der Waals surface area contributed by atoms with Crippen molar-refractivity contribution in [3.05, 3.63) is 21.4 Å². The van der Waals surface area contributed by atoms with Gasteiger partial charge in [0.25, 0.3) is 0 Å². The Morgan fingerprint density at radius 3 is 2.71 bits per heavy atom. The fourth-order valence-corrected chi connectivity index (χ4v) is 2.56. The molecule has 0 amide bonds. The van der Waals surface area contributed by atoms with Crippen LogP contribution in [0.1, 0.15) is 52.7 Å². The summed E-state index contributed by atoms with van der Waals surface area (Å²) in [6.07, 6.45) is 7.28. The summed E-state index contributed by atoms with van der Waals surface area (Å²) in [7, 11) is 0. The third kappa shape index (κ3) is 3.26. The molecule has 0 unspecified atom stereocenters. The van der Waals surface area contributed by atoms with E-state index in [0.717, 1.165) is 23.1 Å². The summed E-state index contributed by atoms with van der Waals surface area (Å²) in [5, 5.41) is 0. The van der Waals surface area contributed by atoms with Gasteiger partial charge in [0.1, 0.15) is 0 Å². The lowest BCUT2D eigenvalue weighted by Crippen LogP contribution is -1.80. The zero-order chi connectivity index (χ0) is 10.4. The van der Waals surface area contributed by atoms with E-state index in [2.05, 4.69) is 13.0 Å². The molecule has 78 valence electrons. The molecule has 0 spiro atoms. The molecule has 0 N–H and O–H groups in total. The number of unbranched alkanes of at least 4 members (excludes halogenated alkanes) is 3. The van der Waals surface area contributed by atoms with Gasteiger partial charge in [0.2, 0.25) is 0 Å². The molecule has 1 rings (SSSR count). The third-order valence-corrected chi connectivity index (χ3v) is 3.61. The average Bonchev–Trinajstić information content (AvgIpc) is 2.54. The molecule has 14 heavy (non-hydrogen) atoms. The van der Waals surface area contributed by atoms with Crippen molar-refractivity contribution in [3.63, 3.8) is 0 Å². The summed E-state index contributed by atoms with van der Waals surface area (Å²) >= 11 is 1.65. The van der Waals surface area contributed by atoms with Crippen molar-refractivity contribution in [2.75, 3.05) is 0 Å². The van der Waals surface area contributed by atoms with E-state index in [0.29, 0.717) is 0 Å². The molecule has 0 aliphatic carbocycles. The second-order valence-corrected chi connectivity index (χ2v) is 4.86. The number of hydrogen-bond acceptors (Lipinski definition) is 2. The Morgan fingerprint density at radius 1 is 1.36 bits per heavy atom. The van der Waals surface area contributed by atoms with Gasteiger partial charge >= 0.3 is 0 Å². The standard InChI is InChI=1S/C12H18OS/c1-3-4-5-6-7-11-8-10(2)12(9-13)14-11/h8-9H,3-7H2,1-2H3. The van der Waals surface area contributed by atoms with Gasteiger partial charge in [-0.2, -0.15) is 0 Å². The summed E-state index contributed by atoms with van der Waals surface area (Å²) in [5.74, 6) is 0. The number of aldehydes is 1. The number of rotatable bonds is 6. The van der Waals surface area contributed by atoms with Gasteiger partial charge in [0, 0.05) is 4.88 Å². The molecule has 0 saturated heterocycles. The molecule has 0 radical (unpaired) electrons. The summed E-state index contributed by atoms with van der Waals surface area (Å²) in [6, 6.07) is 2.15. The van der Waals surface area contributed by atoms with E-state index in [-0.39, 0.29) is 0 Å². The summed E-state index contributed by atoms with van der Waals surface area (Å²) in [5.41, 5.74) is 1.13. The van der Waals surface area contributed by atoms with E-state index >= 15 is 0 Å². The second kappa shape index (κ2) is 5.97. The molecule has 0 saturated carbocycles. The van der Waals surface area contributed by atoms with Crippen LogP contribution in [0, 0.1) is 6.92 Å². The first kappa shape index (κ1) is 11.4. The zero-order valence-electron chi connectivity index (χ0n) is 9.01. The molecule has 2 heteroatoms. The predicted octanol–water partition coefficient (Wildman–Crippen LogP) is 3.99. The average molecular weight is 210 g/mol. The van der Waals surface area contributed by atoms with Crippen molar-refractivity contribution in [2.45, 2.75) is 46.0 Å². The maximum atomic E-state index is 10.6. The number of carbonyl (C=O) groups excluding carboxylic acids is 1. The van der Waals surface area contributed by atoms with Crippen LogP contribution in [0.5, 0.6) is 0 Å². The number of carbonyl (C=O) groups is 1. The van der Waals surface area contributed by atoms with E-state index in [9.17, 15) is 4.79 Å². The van der Waals surface area contributed by atoms with Gasteiger partial charge in [0.05, 0.1) is 4.88 Å². The molecular formula is C12H18OS. The number of thiophene rings is 1. The Morgan fingerprint density at radius 2 is 2.14 bits per heavy atom. The lowest BCUT2D eigenvalue weighted by atomic mass is 10.1. The van der Waals surface area contributed by atoms with Crippen molar-refractivity contribution >= 4 is 17.6 Å². The fraction of sp³-hybridized carbons (Fsp3) is 0.583. The third-order valence-electron chi connectivity index (χ3n) is 2.39. The minimum atomic E-state index is 0.899. The van der Waals surface area contributed by atoms with E-state index < -0.39 is 0 Å². The lowest BCUT2D eigenvalue weighted by molar-refractivity contribution is 0.112. The van der Waals surface area contributed by atoms with Gasteiger partial charge in [0.15, 0.2) is 6.29 Å². The fourth-order valence-electron chi connectivity index (χ4n) is 1.53. The van der Waals surface area contributed by atoms with Crippen LogP contribution >= 0.6 is 11.3 Å². The van der Waals surface area contributed by atoms with Gasteiger partial charge in [-0.3, -0.25) is 4.79 Å². The normalized spacial score (nSPS) is 10.4. The van der Waals surface area contributed by atoms with Crippen molar-refractivity contribution in [1.29, 1.82) is 0 Å². The molecule has 1 aromatic rings. The quantitative estimate of drug-likeness (QED) is 0.512. The molecular weight excluding hydrogens is 192 g/mol. The Hall–Kier alpha value is -0.630. The van der Waals surface area contributed by atoms with Crippen LogP contribution in [-0.4, -0.2) is 6.29 Å². The number of aryl methyl sites for hydroxylation is 2. The van der Waals surface area contributed by atoms with Crippen LogP contribution in [-0.2, 0) is 6.42 Å². The first-order chi connectivity index (χ1) is 6.77. The van der Waals surface area contributed by atoms with Crippen LogP contribution in [0.2, 0.25) is 0 Å². The molecule has 0 bridgehead atoms. The molecule has 1 heterocycles. The largest absolute Gasteiger partial charge is 0.297 e. The summed E-state index contributed by atoms with van der Waals surface area (Å²) in [4.78, 5) is 12.9. The van der Waals surface area contributed by atoms with Crippen molar-refractivity contribution in [3.8, 4) is 0 Å². The first-order valence-corrected chi connectivity index (χ1v) is 6.14. The minimum absolute atomic E-state index is 0.899. The van der Waals surface area contributed by atoms with Gasteiger partial charge in [-0.15, -0.1) is 11.3 Å². The van der Waals surface area contributed by atoms with Gasteiger partial charge < -0.3 is 0 Å². The van der Waals surface area contributed by atoms with Crippen molar-refractivity contribution in [2.24, 2.45) is 0 Å². The topological polar surface area (TPSA) is 17.1 Å². The lowest BCUT2D eigenvalue weighted by Gasteiger charge is -1.96. The molecule has 0 fully saturated rings. The highest BCUT2D eigenvalue weighted by atomic mass is 32.1. The monoisotopic (exact) mass is 210 g/mol. The van der Waals surface area contributed by atoms with Crippen molar-refractivity contribution < 1.29 is 4.79 Å². The van der Waals surface area contributed by atoms with E-state index in [4.69, 9.17) is 0 Å². The Bertz CT molecular complexity index is 289. The van der Waals surface area contributed by atoms with Crippen LogP contribution in [0.15, 0.2) is 6.07 Å². The van der Waals surface area contributed by atoms with E-state index in [1.165, 1.54) is 30.6 Å². The molecule has 1 nitrogen and oxygen atoms in total. The zero-order valence-corrected chi connectivity index (χ0v) is 9.82.